The number of benzene rings is 2. The fourth-order valence-corrected chi connectivity index (χ4v) is 3.93. The second-order valence-electron chi connectivity index (χ2n) is 9.06. The van der Waals surface area contributed by atoms with Gasteiger partial charge in [0, 0.05) is 0 Å². The average molecular weight is 427 g/mol. The zero-order valence-corrected chi connectivity index (χ0v) is 20.1. The minimum Gasteiger partial charge on any atom is -0.494 e. The largest absolute Gasteiger partial charge is 0.494 e. The summed E-state index contributed by atoms with van der Waals surface area (Å²) in [6, 6.07) is 13.7. The fourth-order valence-electron chi connectivity index (χ4n) is 3.93. The first-order valence-corrected chi connectivity index (χ1v) is 12.7. The summed E-state index contributed by atoms with van der Waals surface area (Å²) < 4.78 is 20.4. The number of hydrogen-bond acceptors (Lipinski definition) is 1. The first-order valence-electron chi connectivity index (χ1n) is 12.7. The van der Waals surface area contributed by atoms with Gasteiger partial charge in [-0.05, 0) is 60.1 Å². The molecule has 0 spiro atoms. The highest BCUT2D eigenvalue weighted by atomic mass is 19.1. The Bertz CT molecular complexity index is 722. The zero-order valence-electron chi connectivity index (χ0n) is 20.1. The molecule has 2 aromatic rings. The van der Waals surface area contributed by atoms with Gasteiger partial charge in [-0.3, -0.25) is 0 Å². The van der Waals surface area contributed by atoms with Crippen LogP contribution in [0.25, 0.3) is 11.1 Å². The number of unbranched alkanes of at least 4 members (excludes halogenated alkanes) is 7. The Labute approximate surface area is 190 Å². The lowest BCUT2D eigenvalue weighted by atomic mass is 10.00. The Kier molecular flexibility index (Phi) is 12.3. The molecular formula is C29H43FO. The van der Waals surface area contributed by atoms with Crippen molar-refractivity contribution in [1.82, 2.24) is 0 Å². The van der Waals surface area contributed by atoms with E-state index < -0.39 is 0 Å². The summed E-state index contributed by atoms with van der Waals surface area (Å²) in [6.07, 6.45) is 14.5. The molecule has 2 rings (SSSR count). The molecule has 2 heteroatoms. The minimum absolute atomic E-state index is 0.0798. The maximum atomic E-state index is 14.6. The maximum absolute atomic E-state index is 14.6. The molecule has 0 heterocycles. The summed E-state index contributed by atoms with van der Waals surface area (Å²) in [6.45, 7) is 7.58. The van der Waals surface area contributed by atoms with Gasteiger partial charge in [-0.2, -0.15) is 0 Å². The summed E-state index contributed by atoms with van der Waals surface area (Å²) in [4.78, 5) is 0. The molecule has 172 valence electrons. The summed E-state index contributed by atoms with van der Waals surface area (Å²) in [7, 11) is 0. The van der Waals surface area contributed by atoms with Gasteiger partial charge in [-0.1, -0.05) is 103 Å². The molecule has 0 radical (unpaired) electrons. The topological polar surface area (TPSA) is 9.23 Å². The van der Waals surface area contributed by atoms with Crippen molar-refractivity contribution in [2.45, 2.75) is 97.8 Å². The highest BCUT2D eigenvalue weighted by Crippen LogP contribution is 2.25. The molecule has 0 N–H and O–H groups in total. The Morgan fingerprint density at radius 2 is 1.45 bits per heavy atom. The van der Waals surface area contributed by atoms with Crippen LogP contribution < -0.4 is 4.74 Å². The van der Waals surface area contributed by atoms with Gasteiger partial charge >= 0.3 is 0 Å². The molecule has 2 aromatic carbocycles. The highest BCUT2D eigenvalue weighted by Gasteiger charge is 2.06. The third-order valence-corrected chi connectivity index (χ3v) is 6.35. The van der Waals surface area contributed by atoms with Crippen LogP contribution in [0.3, 0.4) is 0 Å². The second-order valence-corrected chi connectivity index (χ2v) is 9.06. The molecule has 1 atom stereocenters. The van der Waals surface area contributed by atoms with Crippen molar-refractivity contribution >= 4 is 0 Å². The van der Waals surface area contributed by atoms with Crippen LogP contribution in [0.1, 0.15) is 97.0 Å². The molecule has 1 nitrogen and oxygen atoms in total. The lowest BCUT2D eigenvalue weighted by Gasteiger charge is -2.10. The Balaban J connectivity index is 1.74. The van der Waals surface area contributed by atoms with E-state index >= 15 is 0 Å². The van der Waals surface area contributed by atoms with E-state index in [1.165, 1.54) is 57.8 Å². The van der Waals surface area contributed by atoms with Crippen LogP contribution in [0.2, 0.25) is 0 Å². The first kappa shape index (κ1) is 25.4. The summed E-state index contributed by atoms with van der Waals surface area (Å²) >= 11 is 0. The van der Waals surface area contributed by atoms with Gasteiger partial charge in [0.15, 0.2) is 0 Å². The smallest absolute Gasteiger partial charge is 0.127 e. The van der Waals surface area contributed by atoms with Crippen LogP contribution in [0.4, 0.5) is 4.39 Å². The molecule has 0 bridgehead atoms. The molecular weight excluding hydrogens is 383 g/mol. The predicted octanol–water partition coefficient (Wildman–Crippen LogP) is 9.38. The van der Waals surface area contributed by atoms with Gasteiger partial charge in [-0.15, -0.1) is 0 Å². The maximum Gasteiger partial charge on any atom is 0.127 e. The monoisotopic (exact) mass is 426 g/mol. The van der Waals surface area contributed by atoms with Crippen molar-refractivity contribution in [3.63, 3.8) is 0 Å². The van der Waals surface area contributed by atoms with Crippen LogP contribution in [-0.2, 0) is 6.42 Å². The minimum atomic E-state index is -0.0798. The van der Waals surface area contributed by atoms with Crippen molar-refractivity contribution in [1.29, 1.82) is 0 Å². The van der Waals surface area contributed by atoms with E-state index in [9.17, 15) is 4.39 Å². The van der Waals surface area contributed by atoms with Gasteiger partial charge < -0.3 is 4.74 Å². The van der Waals surface area contributed by atoms with Crippen LogP contribution in [-0.4, -0.2) is 6.61 Å². The van der Waals surface area contributed by atoms with Crippen molar-refractivity contribution < 1.29 is 9.13 Å². The van der Waals surface area contributed by atoms with Crippen molar-refractivity contribution in [3.8, 4) is 16.9 Å². The van der Waals surface area contributed by atoms with Crippen LogP contribution in [0.15, 0.2) is 42.5 Å². The Morgan fingerprint density at radius 3 is 2.16 bits per heavy atom. The van der Waals surface area contributed by atoms with Gasteiger partial charge in [0.25, 0.3) is 0 Å². The molecule has 1 unspecified atom stereocenters. The lowest BCUT2D eigenvalue weighted by molar-refractivity contribution is 0.302. The Morgan fingerprint density at radius 1 is 0.774 bits per heavy atom. The summed E-state index contributed by atoms with van der Waals surface area (Å²) in [5, 5.41) is 0. The van der Waals surface area contributed by atoms with Crippen LogP contribution in [0, 0.1) is 11.7 Å². The normalized spacial score (nSPS) is 12.1. The summed E-state index contributed by atoms with van der Waals surface area (Å²) in [5.41, 5.74) is 2.80. The quantitative estimate of drug-likeness (QED) is 0.243. The van der Waals surface area contributed by atoms with Gasteiger partial charge in [0.2, 0.25) is 0 Å². The van der Waals surface area contributed by atoms with Gasteiger partial charge in [-0.25, -0.2) is 4.39 Å². The third-order valence-electron chi connectivity index (χ3n) is 6.35. The van der Waals surface area contributed by atoms with Gasteiger partial charge in [0.1, 0.15) is 11.6 Å². The highest BCUT2D eigenvalue weighted by molar-refractivity contribution is 5.64. The van der Waals surface area contributed by atoms with E-state index in [1.54, 1.807) is 6.07 Å². The van der Waals surface area contributed by atoms with E-state index in [4.69, 9.17) is 4.74 Å². The lowest BCUT2D eigenvalue weighted by Crippen LogP contribution is -1.98. The standard InChI is InChI=1S/C29H43FO/c1-4-6-7-8-9-12-15-26-16-17-27(23-29(26)30)25-18-20-28(21-19-25)31-22-13-10-11-14-24(3)5-2/h16-21,23-24H,4-15,22H2,1-3H3. The van der Waals surface area contributed by atoms with Crippen molar-refractivity contribution in [2.75, 3.05) is 6.61 Å². The zero-order chi connectivity index (χ0) is 22.3. The molecule has 0 aromatic heterocycles. The number of hydrogen-bond donors (Lipinski definition) is 0. The molecule has 0 aliphatic heterocycles. The van der Waals surface area contributed by atoms with Crippen LogP contribution in [0.5, 0.6) is 5.75 Å². The molecule has 31 heavy (non-hydrogen) atoms. The van der Waals surface area contributed by atoms with E-state index in [0.29, 0.717) is 0 Å². The second kappa shape index (κ2) is 15.1. The number of ether oxygens (including phenoxy) is 1. The first-order chi connectivity index (χ1) is 15.1. The van der Waals surface area contributed by atoms with Crippen molar-refractivity contribution in [2.24, 2.45) is 5.92 Å². The van der Waals surface area contributed by atoms with Crippen molar-refractivity contribution in [3.05, 3.63) is 53.8 Å². The SMILES string of the molecule is CCCCCCCCc1ccc(-c2ccc(OCCCCCC(C)CC)cc2)cc1F. The fraction of sp³-hybridized carbons (Fsp3) is 0.586. The van der Waals surface area contributed by atoms with E-state index in [1.807, 2.05) is 36.4 Å². The number of rotatable bonds is 16. The van der Waals surface area contributed by atoms with E-state index in [0.717, 1.165) is 54.2 Å². The molecule has 0 aliphatic rings. The third kappa shape index (κ3) is 9.89. The molecule has 0 amide bonds. The number of halogens is 1. The summed E-state index contributed by atoms with van der Waals surface area (Å²) in [5.74, 6) is 1.65. The molecule has 0 saturated heterocycles. The number of aryl methyl sites for hydroxylation is 1. The van der Waals surface area contributed by atoms with Gasteiger partial charge in [0.05, 0.1) is 6.61 Å². The van der Waals surface area contributed by atoms with E-state index in [2.05, 4.69) is 20.8 Å². The van der Waals surface area contributed by atoms with Crippen LogP contribution >= 0.6 is 0 Å². The molecule has 0 fully saturated rings. The predicted molar refractivity (Wildman–Crippen MR) is 132 cm³/mol. The molecule has 0 saturated carbocycles. The Hall–Kier alpha value is -1.83. The molecule has 0 aliphatic carbocycles. The van der Waals surface area contributed by atoms with E-state index in [-0.39, 0.29) is 5.82 Å². The average Bonchev–Trinajstić information content (AvgIpc) is 2.79.